The van der Waals surface area contributed by atoms with E-state index in [1.807, 2.05) is 42.5 Å². The van der Waals surface area contributed by atoms with E-state index in [2.05, 4.69) is 30.2 Å². The molecular weight excluding hydrogens is 574 g/mol. The summed E-state index contributed by atoms with van der Waals surface area (Å²) in [6, 6.07) is 16.4. The lowest BCUT2D eigenvalue weighted by atomic mass is 9.98. The molecule has 0 aliphatic carbocycles. The molecule has 3 aromatic carbocycles. The van der Waals surface area contributed by atoms with Crippen molar-refractivity contribution in [2.45, 2.75) is 90.8 Å². The minimum Gasteiger partial charge on any atom is -0.507 e. The number of anilines is 1. The highest BCUT2D eigenvalue weighted by atomic mass is 32.1. The summed E-state index contributed by atoms with van der Waals surface area (Å²) >= 11 is 4.37. The summed E-state index contributed by atoms with van der Waals surface area (Å²) in [7, 11) is 0. The van der Waals surface area contributed by atoms with Gasteiger partial charge in [0.15, 0.2) is 0 Å². The number of amides is 3. The molecule has 0 bridgehead atoms. The molecule has 8 nitrogen and oxygen atoms in total. The number of aromatic hydroxyl groups is 1. The van der Waals surface area contributed by atoms with E-state index in [9.17, 15) is 19.5 Å². The maximum atomic E-state index is 14.2. The Bertz CT molecular complexity index is 1420. The van der Waals surface area contributed by atoms with Crippen molar-refractivity contribution in [1.82, 2.24) is 10.2 Å². The van der Waals surface area contributed by atoms with Crippen LogP contribution in [0.4, 0.5) is 10.5 Å². The van der Waals surface area contributed by atoms with E-state index in [0.29, 0.717) is 23.2 Å². The van der Waals surface area contributed by atoms with Crippen molar-refractivity contribution in [3.05, 3.63) is 71.8 Å². The molecule has 238 valence electrons. The first-order valence-corrected chi connectivity index (χ1v) is 16.1. The molecule has 0 fully saturated rings. The van der Waals surface area contributed by atoms with E-state index in [1.54, 1.807) is 45.9 Å². The fourth-order valence-corrected chi connectivity index (χ4v) is 5.34. The predicted molar refractivity (Wildman–Crippen MR) is 180 cm³/mol. The van der Waals surface area contributed by atoms with Crippen LogP contribution in [0.3, 0.4) is 0 Å². The first kappa shape index (κ1) is 34.8. The number of nitrogens with one attached hydrogen (secondary N) is 2. The van der Waals surface area contributed by atoms with E-state index in [0.717, 1.165) is 42.9 Å². The molecule has 3 rings (SSSR count). The van der Waals surface area contributed by atoms with Crippen LogP contribution in [-0.2, 0) is 14.3 Å². The molecule has 3 amide bonds. The molecule has 3 aromatic rings. The Hall–Kier alpha value is -3.72. The number of para-hydroxylation sites is 1. The van der Waals surface area contributed by atoms with Gasteiger partial charge in [-0.15, -0.1) is 0 Å². The zero-order valence-corrected chi connectivity index (χ0v) is 27.5. The molecule has 0 aliphatic rings. The average Bonchev–Trinajstić information content (AvgIpc) is 2.97. The molecule has 2 atom stereocenters. The molecule has 0 heterocycles. The Morgan fingerprint density at radius 1 is 0.932 bits per heavy atom. The Labute approximate surface area is 267 Å². The number of ether oxygens (including phenoxy) is 1. The van der Waals surface area contributed by atoms with Crippen molar-refractivity contribution in [2.24, 2.45) is 0 Å². The number of fused-ring (bicyclic) bond motifs is 1. The van der Waals surface area contributed by atoms with Gasteiger partial charge in [0, 0.05) is 23.5 Å². The SMILES string of the molecule is CCCCCCCCN(C(=O)C(CS)NC(=O)OC(C)(C)C)C(C(=O)Nc1ccc2ccccc2c1)c1cccc(C)c1O. The van der Waals surface area contributed by atoms with Crippen LogP contribution < -0.4 is 10.6 Å². The van der Waals surface area contributed by atoms with Crippen molar-refractivity contribution >= 4 is 47.0 Å². The standard InChI is InChI=1S/C35H47N3O5S/c1-6-7-8-9-10-13-21-38(33(41)29(23-44)37-34(42)43-35(3,4)5)30(28-18-14-15-24(2)31(28)39)32(40)36-27-20-19-25-16-11-12-17-26(25)22-27/h11-12,14-20,22,29-30,39,44H,6-10,13,21,23H2,1-5H3,(H,36,40)(H,37,42). The average molecular weight is 622 g/mol. The molecule has 0 aliphatic heterocycles. The summed E-state index contributed by atoms with van der Waals surface area (Å²) in [5, 5.41) is 18.8. The molecule has 0 saturated carbocycles. The van der Waals surface area contributed by atoms with Crippen LogP contribution in [0.5, 0.6) is 5.75 Å². The first-order valence-electron chi connectivity index (χ1n) is 15.4. The monoisotopic (exact) mass is 621 g/mol. The fourth-order valence-electron chi connectivity index (χ4n) is 5.10. The van der Waals surface area contributed by atoms with Gasteiger partial charge in [-0.1, -0.05) is 87.6 Å². The Morgan fingerprint density at radius 3 is 2.30 bits per heavy atom. The lowest BCUT2D eigenvalue weighted by molar-refractivity contribution is -0.140. The van der Waals surface area contributed by atoms with Gasteiger partial charge < -0.3 is 25.4 Å². The molecular formula is C35H47N3O5S. The highest BCUT2D eigenvalue weighted by Gasteiger charge is 2.37. The van der Waals surface area contributed by atoms with Crippen molar-refractivity contribution in [3.8, 4) is 5.75 Å². The van der Waals surface area contributed by atoms with E-state index in [4.69, 9.17) is 4.74 Å². The van der Waals surface area contributed by atoms with Gasteiger partial charge in [-0.05, 0) is 62.6 Å². The van der Waals surface area contributed by atoms with Gasteiger partial charge in [-0.3, -0.25) is 9.59 Å². The van der Waals surface area contributed by atoms with Gasteiger partial charge >= 0.3 is 6.09 Å². The topological polar surface area (TPSA) is 108 Å². The number of alkyl carbamates (subject to hydrolysis) is 1. The number of aryl methyl sites for hydroxylation is 1. The number of phenolic OH excluding ortho intramolecular Hbond substituents is 1. The van der Waals surface area contributed by atoms with Gasteiger partial charge in [0.2, 0.25) is 5.91 Å². The van der Waals surface area contributed by atoms with Crippen molar-refractivity contribution in [3.63, 3.8) is 0 Å². The number of hydrogen-bond acceptors (Lipinski definition) is 6. The van der Waals surface area contributed by atoms with Crippen LogP contribution in [-0.4, -0.2) is 51.9 Å². The van der Waals surface area contributed by atoms with E-state index in [1.165, 1.54) is 4.90 Å². The van der Waals surface area contributed by atoms with Crippen molar-refractivity contribution in [2.75, 3.05) is 17.6 Å². The quantitative estimate of drug-likeness (QED) is 0.110. The summed E-state index contributed by atoms with van der Waals surface area (Å²) in [5.74, 6) is -1.03. The molecule has 9 heteroatoms. The molecule has 44 heavy (non-hydrogen) atoms. The second kappa shape index (κ2) is 16.4. The number of hydrogen-bond donors (Lipinski definition) is 4. The molecule has 0 aromatic heterocycles. The van der Waals surface area contributed by atoms with Gasteiger partial charge in [0.25, 0.3) is 5.91 Å². The summed E-state index contributed by atoms with van der Waals surface area (Å²) < 4.78 is 5.40. The highest BCUT2D eigenvalue weighted by Crippen LogP contribution is 2.34. The summed E-state index contributed by atoms with van der Waals surface area (Å²) in [5.41, 5.74) is 0.686. The second-order valence-electron chi connectivity index (χ2n) is 12.1. The largest absolute Gasteiger partial charge is 0.507 e. The molecule has 0 saturated heterocycles. The van der Waals surface area contributed by atoms with Crippen LogP contribution in [0, 0.1) is 6.92 Å². The van der Waals surface area contributed by atoms with Crippen molar-refractivity contribution in [1.29, 1.82) is 0 Å². The van der Waals surface area contributed by atoms with Crippen LogP contribution in [0.2, 0.25) is 0 Å². The number of nitrogens with zero attached hydrogens (tertiary/aromatic N) is 1. The van der Waals surface area contributed by atoms with Gasteiger partial charge in [-0.2, -0.15) is 12.6 Å². The predicted octanol–water partition coefficient (Wildman–Crippen LogP) is 7.55. The maximum Gasteiger partial charge on any atom is 0.408 e. The maximum absolute atomic E-state index is 14.2. The van der Waals surface area contributed by atoms with Crippen LogP contribution in [0.15, 0.2) is 60.7 Å². The van der Waals surface area contributed by atoms with Gasteiger partial charge in [-0.25, -0.2) is 4.79 Å². The highest BCUT2D eigenvalue weighted by molar-refractivity contribution is 7.80. The number of phenols is 1. The lowest BCUT2D eigenvalue weighted by Crippen LogP contribution is -2.53. The Kier molecular flexibility index (Phi) is 12.9. The van der Waals surface area contributed by atoms with E-state index < -0.39 is 35.6 Å². The Morgan fingerprint density at radius 2 is 1.61 bits per heavy atom. The number of carbonyl (C=O) groups is 3. The third-order valence-electron chi connectivity index (χ3n) is 7.35. The van der Waals surface area contributed by atoms with E-state index in [-0.39, 0.29) is 18.0 Å². The van der Waals surface area contributed by atoms with Crippen LogP contribution in [0.1, 0.15) is 83.4 Å². The number of rotatable bonds is 14. The Balaban J connectivity index is 2.01. The lowest BCUT2D eigenvalue weighted by Gasteiger charge is -2.34. The molecule has 0 spiro atoms. The number of benzene rings is 3. The molecule has 2 unspecified atom stereocenters. The first-order chi connectivity index (χ1) is 20.9. The zero-order chi connectivity index (χ0) is 32.3. The summed E-state index contributed by atoms with van der Waals surface area (Å²) in [6.45, 7) is 9.36. The van der Waals surface area contributed by atoms with E-state index >= 15 is 0 Å². The fraction of sp³-hybridized carbons (Fsp3) is 0.457. The number of carbonyl (C=O) groups excluding carboxylic acids is 3. The molecule has 3 N–H and O–H groups in total. The third kappa shape index (κ3) is 9.91. The third-order valence-corrected chi connectivity index (χ3v) is 7.71. The number of unbranched alkanes of at least 4 members (excludes halogenated alkanes) is 5. The van der Waals surface area contributed by atoms with Gasteiger partial charge in [0.05, 0.1) is 0 Å². The summed E-state index contributed by atoms with van der Waals surface area (Å²) in [4.78, 5) is 42.6. The van der Waals surface area contributed by atoms with Gasteiger partial charge in [0.1, 0.15) is 23.4 Å². The molecule has 0 radical (unpaired) electrons. The number of thiol groups is 1. The summed E-state index contributed by atoms with van der Waals surface area (Å²) in [6.07, 6.45) is 5.12. The van der Waals surface area contributed by atoms with Crippen LogP contribution in [0.25, 0.3) is 10.8 Å². The van der Waals surface area contributed by atoms with Crippen LogP contribution >= 0.6 is 12.6 Å². The minimum absolute atomic E-state index is 0.0100. The second-order valence-corrected chi connectivity index (χ2v) is 12.5. The van der Waals surface area contributed by atoms with Crippen molar-refractivity contribution < 1.29 is 24.2 Å². The smallest absolute Gasteiger partial charge is 0.408 e. The normalized spacial score (nSPS) is 12.8. The zero-order valence-electron chi connectivity index (χ0n) is 26.6. The minimum atomic E-state index is -1.17.